The van der Waals surface area contributed by atoms with Gasteiger partial charge in [0.15, 0.2) is 0 Å². The Hall–Kier alpha value is -3.49. The molecule has 1 fully saturated rings. The minimum absolute atomic E-state index is 0.163. The van der Waals surface area contributed by atoms with Gasteiger partial charge >= 0.3 is 0 Å². The minimum Gasteiger partial charge on any atom is -0.489 e. The molecule has 2 unspecified atom stereocenters. The van der Waals surface area contributed by atoms with Crippen LogP contribution in [-0.2, 0) is 21.7 Å². The number of carbonyl (C=O) groups excluding carboxylic acids is 2. The highest BCUT2D eigenvalue weighted by Gasteiger charge is 2.48. The number of benzene rings is 2. The number of rotatable bonds is 8. The van der Waals surface area contributed by atoms with Gasteiger partial charge in [0.2, 0.25) is 5.91 Å². The molecular formula is C27H32N4O4. The van der Waals surface area contributed by atoms with Crippen LogP contribution in [0.4, 0.5) is 0 Å². The summed E-state index contributed by atoms with van der Waals surface area (Å²) < 4.78 is 6.04. The smallest absolute Gasteiger partial charge is 0.266 e. The van der Waals surface area contributed by atoms with E-state index in [0.717, 1.165) is 22.2 Å². The summed E-state index contributed by atoms with van der Waals surface area (Å²) in [6.45, 7) is 6.61. The summed E-state index contributed by atoms with van der Waals surface area (Å²) in [5.74, 6) is -0.0933. The average molecular weight is 477 g/mol. The Bertz CT molecular complexity index is 1230. The number of aryl methyl sites for hydroxylation is 1. The number of amides is 2. The molecule has 4 rings (SSSR count). The van der Waals surface area contributed by atoms with Crippen LogP contribution in [0.2, 0.25) is 0 Å². The van der Waals surface area contributed by atoms with Gasteiger partial charge in [0.05, 0.1) is 5.52 Å². The number of hydroxylamine groups is 1. The number of carbonyl (C=O) groups is 2. The number of likely N-dealkylation sites (tertiary alicyclic amines) is 1. The van der Waals surface area contributed by atoms with Crippen molar-refractivity contribution in [3.8, 4) is 5.75 Å². The molecule has 0 bridgehead atoms. The van der Waals surface area contributed by atoms with Gasteiger partial charge in [-0.2, -0.15) is 0 Å². The predicted octanol–water partition coefficient (Wildman–Crippen LogP) is 3.43. The van der Waals surface area contributed by atoms with Crippen LogP contribution in [0, 0.1) is 12.8 Å². The topological polar surface area (TPSA) is 118 Å². The van der Waals surface area contributed by atoms with Gasteiger partial charge in [0.1, 0.15) is 23.9 Å². The third-order valence-corrected chi connectivity index (χ3v) is 6.57. The Balaban J connectivity index is 1.49. The summed E-state index contributed by atoms with van der Waals surface area (Å²) in [7, 11) is 0. The van der Waals surface area contributed by atoms with Crippen LogP contribution in [0.1, 0.15) is 43.5 Å². The number of hydrogen-bond donors (Lipinski definition) is 3. The number of nitrogens with two attached hydrogens (primary N) is 1. The molecule has 0 radical (unpaired) electrons. The number of ether oxygens (including phenoxy) is 1. The zero-order chi connectivity index (χ0) is 25.2. The lowest BCUT2D eigenvalue weighted by Crippen LogP contribution is -2.52. The molecule has 3 aromatic rings. The van der Waals surface area contributed by atoms with E-state index in [1.165, 1.54) is 4.90 Å². The molecule has 2 heterocycles. The zero-order valence-corrected chi connectivity index (χ0v) is 20.3. The van der Waals surface area contributed by atoms with E-state index in [2.05, 4.69) is 4.98 Å². The van der Waals surface area contributed by atoms with Crippen molar-refractivity contribution in [3.63, 3.8) is 0 Å². The van der Waals surface area contributed by atoms with E-state index >= 15 is 0 Å². The molecule has 8 heteroatoms. The monoisotopic (exact) mass is 476 g/mol. The molecule has 4 N–H and O–H groups in total. The molecule has 1 saturated heterocycles. The first-order chi connectivity index (χ1) is 16.7. The molecular weight excluding hydrogens is 444 g/mol. The fraction of sp³-hybridized carbons (Fsp3) is 0.370. The van der Waals surface area contributed by atoms with Gasteiger partial charge in [-0.1, -0.05) is 44.2 Å². The maximum atomic E-state index is 13.3. The van der Waals surface area contributed by atoms with Gasteiger partial charge in [-0.3, -0.25) is 19.8 Å². The fourth-order valence-electron chi connectivity index (χ4n) is 4.75. The van der Waals surface area contributed by atoms with Crippen molar-refractivity contribution >= 4 is 22.7 Å². The highest BCUT2D eigenvalue weighted by Crippen LogP contribution is 2.34. The van der Waals surface area contributed by atoms with E-state index in [4.69, 9.17) is 15.7 Å². The molecule has 0 aliphatic carbocycles. The summed E-state index contributed by atoms with van der Waals surface area (Å²) in [4.78, 5) is 31.6. The lowest BCUT2D eigenvalue weighted by Gasteiger charge is -2.30. The van der Waals surface area contributed by atoms with E-state index in [9.17, 15) is 9.59 Å². The van der Waals surface area contributed by atoms with Crippen LogP contribution in [0.15, 0.2) is 54.6 Å². The molecule has 2 amide bonds. The largest absolute Gasteiger partial charge is 0.489 e. The van der Waals surface area contributed by atoms with Gasteiger partial charge in [-0.05, 0) is 55.5 Å². The molecule has 1 aromatic heterocycles. The quantitative estimate of drug-likeness (QED) is 0.339. The van der Waals surface area contributed by atoms with Crippen LogP contribution in [0.5, 0.6) is 5.75 Å². The summed E-state index contributed by atoms with van der Waals surface area (Å²) >= 11 is 0. The van der Waals surface area contributed by atoms with Crippen molar-refractivity contribution < 1.29 is 19.5 Å². The molecule has 35 heavy (non-hydrogen) atoms. The van der Waals surface area contributed by atoms with Gasteiger partial charge in [-0.15, -0.1) is 0 Å². The Morgan fingerprint density at radius 1 is 1.23 bits per heavy atom. The van der Waals surface area contributed by atoms with Gasteiger partial charge in [-0.25, -0.2) is 5.48 Å². The highest BCUT2D eigenvalue weighted by atomic mass is 16.5. The Labute approximate surface area is 205 Å². The predicted molar refractivity (Wildman–Crippen MR) is 133 cm³/mol. The third kappa shape index (κ3) is 4.99. The SMILES string of the molecule is Cc1cc(COc2ccc(C3(N)CCN(C(CC(C)C)C(=O)NO)C3=O)cc2)c2ccccc2n1. The van der Waals surface area contributed by atoms with Gasteiger partial charge in [0.25, 0.3) is 5.91 Å². The average Bonchev–Trinajstić information content (AvgIpc) is 3.15. The molecule has 2 aromatic carbocycles. The van der Waals surface area contributed by atoms with Crippen LogP contribution < -0.4 is 16.0 Å². The molecule has 8 nitrogen and oxygen atoms in total. The van der Waals surface area contributed by atoms with E-state index in [1.807, 2.05) is 63.2 Å². The van der Waals surface area contributed by atoms with Crippen molar-refractivity contribution in [2.45, 2.75) is 51.8 Å². The fourth-order valence-corrected chi connectivity index (χ4v) is 4.75. The first kappa shape index (κ1) is 24.6. The summed E-state index contributed by atoms with van der Waals surface area (Å²) in [6.07, 6.45) is 0.811. The number of nitrogens with zero attached hydrogens (tertiary/aromatic N) is 2. The maximum Gasteiger partial charge on any atom is 0.266 e. The Morgan fingerprint density at radius 2 is 1.94 bits per heavy atom. The number of hydrogen-bond acceptors (Lipinski definition) is 6. The van der Waals surface area contributed by atoms with Crippen molar-refractivity contribution in [1.82, 2.24) is 15.4 Å². The Morgan fingerprint density at radius 3 is 2.63 bits per heavy atom. The minimum atomic E-state index is -1.23. The first-order valence-electron chi connectivity index (χ1n) is 11.9. The number of pyridine rings is 1. The van der Waals surface area contributed by atoms with Gasteiger partial charge in [0, 0.05) is 23.2 Å². The number of aromatic nitrogens is 1. The van der Waals surface area contributed by atoms with E-state index in [-0.39, 0.29) is 11.8 Å². The van der Waals surface area contributed by atoms with E-state index in [0.29, 0.717) is 37.3 Å². The molecule has 184 valence electrons. The number of fused-ring (bicyclic) bond motifs is 1. The van der Waals surface area contributed by atoms with E-state index < -0.39 is 17.5 Å². The van der Waals surface area contributed by atoms with E-state index in [1.54, 1.807) is 17.6 Å². The molecule has 2 atom stereocenters. The number of para-hydroxylation sites is 1. The van der Waals surface area contributed by atoms with Crippen LogP contribution >= 0.6 is 0 Å². The van der Waals surface area contributed by atoms with Crippen molar-refractivity contribution in [2.75, 3.05) is 6.54 Å². The summed E-state index contributed by atoms with van der Waals surface area (Å²) in [5, 5.41) is 10.2. The maximum absolute atomic E-state index is 13.3. The highest BCUT2D eigenvalue weighted by molar-refractivity contribution is 5.94. The molecule has 0 saturated carbocycles. The molecule has 1 aliphatic rings. The summed E-state index contributed by atoms with van der Waals surface area (Å²) in [6, 6.07) is 16.4. The lowest BCUT2D eigenvalue weighted by atomic mass is 9.89. The second kappa shape index (κ2) is 10.0. The lowest BCUT2D eigenvalue weighted by molar-refractivity contribution is -0.144. The normalized spacial score (nSPS) is 18.8. The third-order valence-electron chi connectivity index (χ3n) is 6.57. The van der Waals surface area contributed by atoms with Crippen LogP contribution in [0.25, 0.3) is 10.9 Å². The first-order valence-corrected chi connectivity index (χ1v) is 11.9. The summed E-state index contributed by atoms with van der Waals surface area (Å²) in [5.41, 5.74) is 10.6. The van der Waals surface area contributed by atoms with Crippen LogP contribution in [0.3, 0.4) is 0 Å². The standard InChI is InChI=1S/C27H32N4O4/c1-17(2)14-24(25(32)30-34)31-13-12-27(28,26(31)33)20-8-10-21(11-9-20)35-16-19-15-18(3)29-23-7-5-4-6-22(19)23/h4-11,15,17,24,34H,12-14,16,28H2,1-3H3,(H,30,32). The number of nitrogens with one attached hydrogen (secondary N) is 1. The molecule has 0 spiro atoms. The second-order valence-corrected chi connectivity index (χ2v) is 9.59. The zero-order valence-electron chi connectivity index (χ0n) is 20.3. The van der Waals surface area contributed by atoms with Crippen LogP contribution in [-0.4, -0.2) is 39.5 Å². The molecule has 1 aliphatic heterocycles. The Kier molecular flexibility index (Phi) is 7.05. The van der Waals surface area contributed by atoms with Crippen molar-refractivity contribution in [1.29, 1.82) is 0 Å². The van der Waals surface area contributed by atoms with Crippen molar-refractivity contribution in [3.05, 3.63) is 71.4 Å². The second-order valence-electron chi connectivity index (χ2n) is 9.59. The van der Waals surface area contributed by atoms with Crippen molar-refractivity contribution in [2.24, 2.45) is 11.7 Å². The van der Waals surface area contributed by atoms with Gasteiger partial charge < -0.3 is 15.4 Å².